The molecule has 1 rings (SSSR count). The number of urea groups is 1. The van der Waals surface area contributed by atoms with E-state index < -0.39 is 23.9 Å². The Balaban J connectivity index is 2.70. The average Bonchev–Trinajstić information content (AvgIpc) is 2.30. The van der Waals surface area contributed by atoms with Gasteiger partial charge in [0.2, 0.25) is 0 Å². The molecule has 0 saturated heterocycles. The van der Waals surface area contributed by atoms with Gasteiger partial charge >= 0.3 is 12.0 Å². The Hall–Kier alpha value is -2.11. The molecule has 0 spiro atoms. The molecule has 0 heterocycles. The number of carboxylic acids is 1. The zero-order valence-electron chi connectivity index (χ0n) is 10.2. The molecule has 2 amide bonds. The lowest BCUT2D eigenvalue weighted by Gasteiger charge is -2.13. The third-order valence-electron chi connectivity index (χ3n) is 2.38. The lowest BCUT2D eigenvalue weighted by molar-refractivity contribution is -0.139. The number of aliphatic carboxylic acids is 1. The molecular formula is C12H15FN2O3. The molecule has 0 aliphatic rings. The molecule has 0 aliphatic carbocycles. The minimum Gasteiger partial charge on any atom is -0.480 e. The van der Waals surface area contributed by atoms with Crippen LogP contribution in [-0.4, -0.2) is 23.1 Å². The molecule has 98 valence electrons. The zero-order valence-corrected chi connectivity index (χ0v) is 10.2. The molecule has 0 unspecified atom stereocenters. The predicted octanol–water partition coefficient (Wildman–Crippen LogP) is 2.12. The van der Waals surface area contributed by atoms with Crippen molar-refractivity contribution in [3.63, 3.8) is 0 Å². The van der Waals surface area contributed by atoms with Crippen molar-refractivity contribution in [1.29, 1.82) is 0 Å². The number of amides is 2. The Bertz CT molecular complexity index is 463. The first kappa shape index (κ1) is 14.0. The second kappa shape index (κ2) is 6.00. The van der Waals surface area contributed by atoms with Gasteiger partial charge in [0.05, 0.1) is 5.69 Å². The number of rotatable bonds is 4. The number of carbonyl (C=O) groups excluding carboxylic acids is 1. The standard InChI is InChI=1S/C12H15FN2O3/c1-3-9(11(16)17)14-12(18)15-10-6-7(2)4-5-8(10)13/h4-6,9H,3H2,1-2H3,(H,16,17)(H2,14,15,18)/t9-/m1/s1. The Morgan fingerprint density at radius 3 is 2.67 bits per heavy atom. The SMILES string of the molecule is CC[C@@H](NC(=O)Nc1cc(C)ccc1F)C(=O)O. The van der Waals surface area contributed by atoms with Crippen molar-refractivity contribution >= 4 is 17.7 Å². The van der Waals surface area contributed by atoms with Crippen LogP contribution in [0.3, 0.4) is 0 Å². The van der Waals surface area contributed by atoms with E-state index >= 15 is 0 Å². The van der Waals surface area contributed by atoms with Crippen LogP contribution in [-0.2, 0) is 4.79 Å². The highest BCUT2D eigenvalue weighted by Crippen LogP contribution is 2.15. The number of carbonyl (C=O) groups is 2. The lowest BCUT2D eigenvalue weighted by Crippen LogP contribution is -2.42. The molecular weight excluding hydrogens is 239 g/mol. The van der Waals surface area contributed by atoms with Crippen LogP contribution in [0.4, 0.5) is 14.9 Å². The van der Waals surface area contributed by atoms with E-state index in [1.807, 2.05) is 0 Å². The smallest absolute Gasteiger partial charge is 0.326 e. The minimum atomic E-state index is -1.13. The summed E-state index contributed by atoms with van der Waals surface area (Å²) >= 11 is 0. The van der Waals surface area contributed by atoms with Gasteiger partial charge in [-0.2, -0.15) is 0 Å². The second-order valence-corrected chi connectivity index (χ2v) is 3.88. The van der Waals surface area contributed by atoms with Crippen molar-refractivity contribution in [2.45, 2.75) is 26.3 Å². The predicted molar refractivity (Wildman–Crippen MR) is 65.0 cm³/mol. The van der Waals surface area contributed by atoms with Crippen molar-refractivity contribution in [2.24, 2.45) is 0 Å². The number of anilines is 1. The van der Waals surface area contributed by atoms with Crippen molar-refractivity contribution in [3.8, 4) is 0 Å². The number of halogens is 1. The topological polar surface area (TPSA) is 78.4 Å². The van der Waals surface area contributed by atoms with Gasteiger partial charge in [-0.25, -0.2) is 14.0 Å². The highest BCUT2D eigenvalue weighted by molar-refractivity contribution is 5.92. The number of hydrogen-bond donors (Lipinski definition) is 3. The molecule has 5 nitrogen and oxygen atoms in total. The van der Waals surface area contributed by atoms with Gasteiger partial charge in [0.25, 0.3) is 0 Å². The Morgan fingerprint density at radius 2 is 2.11 bits per heavy atom. The maximum absolute atomic E-state index is 13.3. The van der Waals surface area contributed by atoms with E-state index in [1.165, 1.54) is 12.1 Å². The normalized spacial score (nSPS) is 11.7. The summed E-state index contributed by atoms with van der Waals surface area (Å²) in [5.74, 6) is -1.70. The summed E-state index contributed by atoms with van der Waals surface area (Å²) in [5, 5.41) is 13.3. The molecule has 18 heavy (non-hydrogen) atoms. The first-order valence-electron chi connectivity index (χ1n) is 5.50. The number of nitrogens with one attached hydrogen (secondary N) is 2. The minimum absolute atomic E-state index is 0.0211. The first-order chi connectivity index (χ1) is 8.43. The molecule has 1 aromatic rings. The second-order valence-electron chi connectivity index (χ2n) is 3.88. The summed E-state index contributed by atoms with van der Waals surface area (Å²) in [6.07, 6.45) is 0.249. The van der Waals surface area contributed by atoms with Crippen molar-refractivity contribution in [1.82, 2.24) is 5.32 Å². The molecule has 0 bridgehead atoms. The van der Waals surface area contributed by atoms with Crippen LogP contribution in [0.1, 0.15) is 18.9 Å². The Labute approximate surface area is 104 Å². The Morgan fingerprint density at radius 1 is 1.44 bits per heavy atom. The first-order valence-corrected chi connectivity index (χ1v) is 5.50. The molecule has 0 radical (unpaired) electrons. The molecule has 0 saturated carbocycles. The van der Waals surface area contributed by atoms with Crippen molar-refractivity contribution < 1.29 is 19.1 Å². The quantitative estimate of drug-likeness (QED) is 0.770. The molecule has 0 fully saturated rings. The van der Waals surface area contributed by atoms with E-state index in [0.29, 0.717) is 0 Å². The van der Waals surface area contributed by atoms with Gasteiger partial charge in [-0.1, -0.05) is 13.0 Å². The molecule has 3 N–H and O–H groups in total. The van der Waals surface area contributed by atoms with Crippen LogP contribution in [0.15, 0.2) is 18.2 Å². The fourth-order valence-electron chi connectivity index (χ4n) is 1.39. The summed E-state index contributed by atoms with van der Waals surface area (Å²) in [7, 11) is 0. The number of hydrogen-bond acceptors (Lipinski definition) is 2. The summed E-state index contributed by atoms with van der Waals surface area (Å²) in [4.78, 5) is 22.2. The van der Waals surface area contributed by atoms with Gasteiger partial charge in [0.1, 0.15) is 11.9 Å². The summed E-state index contributed by atoms with van der Waals surface area (Å²) in [6.45, 7) is 3.39. The van der Waals surface area contributed by atoms with Gasteiger partial charge in [-0.3, -0.25) is 0 Å². The third-order valence-corrected chi connectivity index (χ3v) is 2.38. The van der Waals surface area contributed by atoms with Gasteiger partial charge in [-0.15, -0.1) is 0 Å². The molecule has 1 aromatic carbocycles. The van der Waals surface area contributed by atoms with E-state index in [2.05, 4.69) is 10.6 Å². The zero-order chi connectivity index (χ0) is 13.7. The number of carboxylic acid groups (broad SMARTS) is 1. The maximum atomic E-state index is 13.3. The molecule has 6 heteroatoms. The molecule has 0 aromatic heterocycles. The third kappa shape index (κ3) is 3.73. The lowest BCUT2D eigenvalue weighted by atomic mass is 10.2. The van der Waals surface area contributed by atoms with E-state index in [0.717, 1.165) is 5.56 Å². The number of benzene rings is 1. The molecule has 0 aliphatic heterocycles. The summed E-state index contributed by atoms with van der Waals surface area (Å²) in [6, 6.07) is 2.55. The fourth-order valence-corrected chi connectivity index (χ4v) is 1.39. The Kier molecular flexibility index (Phi) is 4.65. The van der Waals surface area contributed by atoms with Gasteiger partial charge in [0, 0.05) is 0 Å². The van der Waals surface area contributed by atoms with Gasteiger partial charge < -0.3 is 15.7 Å². The van der Waals surface area contributed by atoms with Gasteiger partial charge in [-0.05, 0) is 31.0 Å². The van der Waals surface area contributed by atoms with Crippen LogP contribution in [0.25, 0.3) is 0 Å². The monoisotopic (exact) mass is 254 g/mol. The fraction of sp³-hybridized carbons (Fsp3) is 0.333. The highest BCUT2D eigenvalue weighted by atomic mass is 19.1. The van der Waals surface area contributed by atoms with Crippen LogP contribution in [0.5, 0.6) is 0 Å². The summed E-state index contributed by atoms with van der Waals surface area (Å²) in [5.41, 5.74) is 0.810. The van der Waals surface area contributed by atoms with E-state index in [4.69, 9.17) is 5.11 Å². The average molecular weight is 254 g/mol. The number of aryl methyl sites for hydroxylation is 1. The molecule has 1 atom stereocenters. The maximum Gasteiger partial charge on any atom is 0.326 e. The van der Waals surface area contributed by atoms with Crippen LogP contribution in [0.2, 0.25) is 0 Å². The summed E-state index contributed by atoms with van der Waals surface area (Å²) < 4.78 is 13.3. The van der Waals surface area contributed by atoms with Crippen LogP contribution < -0.4 is 10.6 Å². The van der Waals surface area contributed by atoms with Crippen LogP contribution >= 0.6 is 0 Å². The van der Waals surface area contributed by atoms with Crippen molar-refractivity contribution in [3.05, 3.63) is 29.6 Å². The van der Waals surface area contributed by atoms with Crippen LogP contribution in [0, 0.1) is 12.7 Å². The van der Waals surface area contributed by atoms with E-state index in [-0.39, 0.29) is 12.1 Å². The van der Waals surface area contributed by atoms with Gasteiger partial charge in [0.15, 0.2) is 0 Å². The largest absolute Gasteiger partial charge is 0.480 e. The van der Waals surface area contributed by atoms with E-state index in [9.17, 15) is 14.0 Å². The van der Waals surface area contributed by atoms with E-state index in [1.54, 1.807) is 19.9 Å². The highest BCUT2D eigenvalue weighted by Gasteiger charge is 2.18. The van der Waals surface area contributed by atoms with Crippen molar-refractivity contribution in [2.75, 3.05) is 5.32 Å².